The van der Waals surface area contributed by atoms with Gasteiger partial charge in [-0.15, -0.1) is 0 Å². The van der Waals surface area contributed by atoms with Crippen molar-refractivity contribution in [2.24, 2.45) is 0 Å². The average Bonchev–Trinajstić information content (AvgIpc) is 2.85. The highest BCUT2D eigenvalue weighted by molar-refractivity contribution is 9.10. The Balaban J connectivity index is 1.89. The van der Waals surface area contributed by atoms with Crippen LogP contribution in [0, 0.1) is 13.8 Å². The third-order valence-electron chi connectivity index (χ3n) is 5.77. The fourth-order valence-corrected chi connectivity index (χ4v) is 4.15. The molecule has 3 aromatic rings. The van der Waals surface area contributed by atoms with E-state index in [-0.39, 0.29) is 18.4 Å². The number of aryl methyl sites for hydroxylation is 2. The molecule has 0 radical (unpaired) electrons. The molecular weight excluding hydrogens is 504 g/mol. The molecule has 3 aromatic carbocycles. The van der Waals surface area contributed by atoms with E-state index in [1.165, 1.54) is 0 Å². The lowest BCUT2D eigenvalue weighted by atomic mass is 10.0. The van der Waals surface area contributed by atoms with Crippen molar-refractivity contribution in [1.82, 2.24) is 10.2 Å². The number of nitrogens with one attached hydrogen (secondary N) is 1. The molecule has 0 fully saturated rings. The van der Waals surface area contributed by atoms with Gasteiger partial charge in [0.25, 0.3) is 5.91 Å². The van der Waals surface area contributed by atoms with Gasteiger partial charge in [0.05, 0.1) is 0 Å². The zero-order chi connectivity index (χ0) is 25.2. The lowest BCUT2D eigenvalue weighted by Gasteiger charge is -2.31. The fraction of sp³-hybridized carbons (Fsp3) is 0.310. The number of hydrogen-bond donors (Lipinski definition) is 1. The maximum atomic E-state index is 13.6. The van der Waals surface area contributed by atoms with E-state index < -0.39 is 6.04 Å². The minimum atomic E-state index is -0.664. The van der Waals surface area contributed by atoms with Gasteiger partial charge in [0.1, 0.15) is 11.8 Å². The third-order valence-corrected chi connectivity index (χ3v) is 6.30. The van der Waals surface area contributed by atoms with Crippen LogP contribution in [0.25, 0.3) is 0 Å². The number of amides is 2. The van der Waals surface area contributed by atoms with Gasteiger partial charge >= 0.3 is 0 Å². The van der Waals surface area contributed by atoms with Gasteiger partial charge in [-0.2, -0.15) is 0 Å². The standard InChI is InChI=1S/C29H33BrN2O3/c1-4-16-31-29(34)26(18-23-8-6-5-7-9-23)32(19-24-11-13-25(30)14-12-24)28(33)20-35-27-15-10-21(2)17-22(27)3/h5-15,17,26H,4,16,18-20H2,1-3H3,(H,31,34). The number of carbonyl (C=O) groups is 2. The summed E-state index contributed by atoms with van der Waals surface area (Å²) < 4.78 is 6.88. The SMILES string of the molecule is CCCNC(=O)C(Cc1ccccc1)N(Cc1ccc(Br)cc1)C(=O)COc1ccc(C)cc1C. The molecule has 5 nitrogen and oxygen atoms in total. The van der Waals surface area contributed by atoms with Crippen LogP contribution in [0.3, 0.4) is 0 Å². The first-order valence-electron chi connectivity index (χ1n) is 11.9. The maximum Gasteiger partial charge on any atom is 0.261 e. The number of carbonyl (C=O) groups excluding carboxylic acids is 2. The van der Waals surface area contributed by atoms with E-state index in [4.69, 9.17) is 4.74 Å². The number of nitrogens with zero attached hydrogens (tertiary/aromatic N) is 1. The Morgan fingerprint density at radius 1 is 0.971 bits per heavy atom. The molecule has 1 atom stereocenters. The molecule has 0 aliphatic heterocycles. The number of hydrogen-bond acceptors (Lipinski definition) is 3. The predicted octanol–water partition coefficient (Wildman–Crippen LogP) is 5.61. The zero-order valence-electron chi connectivity index (χ0n) is 20.6. The van der Waals surface area contributed by atoms with Gasteiger partial charge in [-0.1, -0.05) is 83.0 Å². The van der Waals surface area contributed by atoms with Crippen LogP contribution in [-0.4, -0.2) is 35.9 Å². The molecule has 1 unspecified atom stereocenters. The molecule has 0 aliphatic rings. The van der Waals surface area contributed by atoms with Crippen molar-refractivity contribution in [3.63, 3.8) is 0 Å². The predicted molar refractivity (Wildman–Crippen MR) is 143 cm³/mol. The van der Waals surface area contributed by atoms with Crippen molar-refractivity contribution in [2.45, 2.75) is 46.2 Å². The van der Waals surface area contributed by atoms with Crippen LogP contribution in [0.5, 0.6) is 5.75 Å². The van der Waals surface area contributed by atoms with Crippen molar-refractivity contribution >= 4 is 27.7 Å². The number of halogens is 1. The van der Waals surface area contributed by atoms with E-state index in [2.05, 4.69) is 21.2 Å². The summed E-state index contributed by atoms with van der Waals surface area (Å²) >= 11 is 3.46. The van der Waals surface area contributed by atoms with Gasteiger partial charge in [0.15, 0.2) is 6.61 Å². The molecule has 2 amide bonds. The second kappa shape index (κ2) is 13.1. The van der Waals surface area contributed by atoms with Crippen molar-refractivity contribution in [3.8, 4) is 5.75 Å². The number of rotatable bonds is 11. The van der Waals surface area contributed by atoms with Crippen LogP contribution < -0.4 is 10.1 Å². The Hall–Kier alpha value is -3.12. The van der Waals surface area contributed by atoms with Gasteiger partial charge in [-0.05, 0) is 55.2 Å². The normalized spacial score (nSPS) is 11.5. The van der Waals surface area contributed by atoms with E-state index >= 15 is 0 Å². The molecule has 0 aliphatic carbocycles. The molecule has 0 heterocycles. The highest BCUT2D eigenvalue weighted by atomic mass is 79.9. The maximum absolute atomic E-state index is 13.6. The van der Waals surface area contributed by atoms with Crippen LogP contribution in [0.15, 0.2) is 77.3 Å². The number of ether oxygens (including phenoxy) is 1. The van der Waals surface area contributed by atoms with Crippen molar-refractivity contribution in [3.05, 3.63) is 99.5 Å². The highest BCUT2D eigenvalue weighted by Gasteiger charge is 2.30. The van der Waals surface area contributed by atoms with Gasteiger partial charge in [0, 0.05) is 24.0 Å². The minimum Gasteiger partial charge on any atom is -0.483 e. The summed E-state index contributed by atoms with van der Waals surface area (Å²) in [5.41, 5.74) is 4.04. The van der Waals surface area contributed by atoms with E-state index in [0.717, 1.165) is 33.1 Å². The Bertz CT molecular complexity index is 1120. The summed E-state index contributed by atoms with van der Waals surface area (Å²) in [7, 11) is 0. The van der Waals surface area contributed by atoms with E-state index in [1.54, 1.807) is 4.90 Å². The molecule has 1 N–H and O–H groups in total. The molecule has 35 heavy (non-hydrogen) atoms. The van der Waals surface area contributed by atoms with Gasteiger partial charge in [-0.3, -0.25) is 9.59 Å². The fourth-order valence-electron chi connectivity index (χ4n) is 3.89. The molecule has 6 heteroatoms. The van der Waals surface area contributed by atoms with E-state index in [9.17, 15) is 9.59 Å². The molecule has 0 saturated carbocycles. The van der Waals surface area contributed by atoms with Crippen LogP contribution in [0.2, 0.25) is 0 Å². The van der Waals surface area contributed by atoms with E-state index in [1.807, 2.05) is 93.6 Å². The van der Waals surface area contributed by atoms with Crippen molar-refractivity contribution in [2.75, 3.05) is 13.2 Å². The Labute approximate surface area is 216 Å². The average molecular weight is 537 g/mol. The van der Waals surface area contributed by atoms with E-state index in [0.29, 0.717) is 25.3 Å². The largest absolute Gasteiger partial charge is 0.483 e. The molecule has 184 valence electrons. The summed E-state index contributed by atoms with van der Waals surface area (Å²) in [4.78, 5) is 28.5. The van der Waals surface area contributed by atoms with Crippen LogP contribution in [-0.2, 0) is 22.6 Å². The summed E-state index contributed by atoms with van der Waals surface area (Å²) in [6, 6.07) is 22.8. The quantitative estimate of drug-likeness (QED) is 0.346. The summed E-state index contributed by atoms with van der Waals surface area (Å²) in [5, 5.41) is 2.99. The molecule has 0 saturated heterocycles. The van der Waals surface area contributed by atoms with Gasteiger partial charge in [-0.25, -0.2) is 0 Å². The van der Waals surface area contributed by atoms with Gasteiger partial charge < -0.3 is 15.0 Å². The molecule has 0 bridgehead atoms. The Morgan fingerprint density at radius 3 is 2.34 bits per heavy atom. The summed E-state index contributed by atoms with van der Waals surface area (Å²) in [6.07, 6.45) is 1.24. The number of benzene rings is 3. The summed E-state index contributed by atoms with van der Waals surface area (Å²) in [5.74, 6) is 0.274. The molecule has 3 rings (SSSR count). The first-order valence-corrected chi connectivity index (χ1v) is 12.7. The second-order valence-electron chi connectivity index (χ2n) is 8.70. The first kappa shape index (κ1) is 26.5. The topological polar surface area (TPSA) is 58.6 Å². The lowest BCUT2D eigenvalue weighted by molar-refractivity contribution is -0.142. The highest BCUT2D eigenvalue weighted by Crippen LogP contribution is 2.20. The monoisotopic (exact) mass is 536 g/mol. The molecule has 0 aromatic heterocycles. The lowest BCUT2D eigenvalue weighted by Crippen LogP contribution is -2.51. The molecule has 0 spiro atoms. The Morgan fingerprint density at radius 2 is 1.69 bits per heavy atom. The smallest absolute Gasteiger partial charge is 0.261 e. The zero-order valence-corrected chi connectivity index (χ0v) is 22.2. The Kier molecular flexibility index (Phi) is 9.91. The summed E-state index contributed by atoms with van der Waals surface area (Å²) in [6.45, 7) is 6.71. The molecular formula is C29H33BrN2O3. The van der Waals surface area contributed by atoms with Crippen LogP contribution in [0.1, 0.15) is 35.6 Å². The third kappa shape index (κ3) is 7.96. The van der Waals surface area contributed by atoms with Crippen LogP contribution in [0.4, 0.5) is 0 Å². The second-order valence-corrected chi connectivity index (χ2v) is 9.62. The minimum absolute atomic E-state index is 0.146. The first-order chi connectivity index (χ1) is 16.9. The van der Waals surface area contributed by atoms with Crippen molar-refractivity contribution in [1.29, 1.82) is 0 Å². The van der Waals surface area contributed by atoms with Gasteiger partial charge in [0.2, 0.25) is 5.91 Å². The van der Waals surface area contributed by atoms with Crippen molar-refractivity contribution < 1.29 is 14.3 Å². The van der Waals surface area contributed by atoms with Crippen LogP contribution >= 0.6 is 15.9 Å².